The zero-order chi connectivity index (χ0) is 18.1. The van der Waals surface area contributed by atoms with E-state index in [9.17, 15) is 0 Å². The van der Waals surface area contributed by atoms with Crippen molar-refractivity contribution in [3.05, 3.63) is 82.9 Å². The molecule has 0 saturated carbocycles. The van der Waals surface area contributed by atoms with E-state index in [-0.39, 0.29) is 0 Å². The number of aryl methyl sites for hydroxylation is 2. The molecule has 128 valence electrons. The van der Waals surface area contributed by atoms with E-state index >= 15 is 0 Å². The Kier molecular flexibility index (Phi) is 4.31. The normalized spacial score (nSPS) is 10.9. The highest BCUT2D eigenvalue weighted by Gasteiger charge is 2.10. The molecule has 1 aromatic heterocycles. The number of nitrogens with one attached hydrogen (secondary N) is 1. The van der Waals surface area contributed by atoms with Crippen LogP contribution in [0.3, 0.4) is 0 Å². The Morgan fingerprint density at radius 3 is 2.38 bits per heavy atom. The van der Waals surface area contributed by atoms with Crippen molar-refractivity contribution in [1.29, 1.82) is 0 Å². The molecule has 0 unspecified atom stereocenters. The van der Waals surface area contributed by atoms with E-state index in [1.54, 1.807) is 0 Å². The molecule has 1 heterocycles. The zero-order valence-corrected chi connectivity index (χ0v) is 15.4. The summed E-state index contributed by atoms with van der Waals surface area (Å²) >= 11 is 6.08. The Hall–Kier alpha value is -2.91. The molecule has 0 radical (unpaired) electrons. The standard InChI is InChI=1S/C22H18ClN3/c1-14-7-9-16(10-8-14)21-25-20-6-4-3-5-18(20)22(26-21)24-19-12-11-17(23)13-15(19)2/h3-13H,1-2H3,(H,24,25,26). The van der Waals surface area contributed by atoms with Gasteiger partial charge < -0.3 is 5.32 Å². The number of fused-ring (bicyclic) bond motifs is 1. The third-order valence-electron chi connectivity index (χ3n) is 4.35. The minimum absolute atomic E-state index is 0.706. The smallest absolute Gasteiger partial charge is 0.162 e. The van der Waals surface area contributed by atoms with Crippen LogP contribution in [-0.2, 0) is 0 Å². The fourth-order valence-corrected chi connectivity index (χ4v) is 3.13. The van der Waals surface area contributed by atoms with Crippen LogP contribution in [0.25, 0.3) is 22.3 Å². The molecule has 0 bridgehead atoms. The Bertz CT molecular complexity index is 1090. The summed E-state index contributed by atoms with van der Waals surface area (Å²) in [5.74, 6) is 1.49. The number of halogens is 1. The first-order valence-corrected chi connectivity index (χ1v) is 8.85. The number of anilines is 2. The maximum atomic E-state index is 6.08. The Morgan fingerprint density at radius 1 is 0.846 bits per heavy atom. The van der Waals surface area contributed by atoms with E-state index in [0.29, 0.717) is 5.82 Å². The molecule has 0 spiro atoms. The first-order valence-electron chi connectivity index (χ1n) is 8.47. The van der Waals surface area contributed by atoms with E-state index in [4.69, 9.17) is 21.6 Å². The fourth-order valence-electron chi connectivity index (χ4n) is 2.90. The molecule has 4 aromatic rings. The average molecular weight is 360 g/mol. The molecule has 3 aromatic carbocycles. The van der Waals surface area contributed by atoms with Crippen LogP contribution in [0.4, 0.5) is 11.5 Å². The van der Waals surface area contributed by atoms with Gasteiger partial charge in [0.25, 0.3) is 0 Å². The van der Waals surface area contributed by atoms with Crippen LogP contribution in [0.1, 0.15) is 11.1 Å². The molecule has 4 rings (SSSR count). The van der Waals surface area contributed by atoms with Gasteiger partial charge in [0.05, 0.1) is 5.52 Å². The Morgan fingerprint density at radius 2 is 1.62 bits per heavy atom. The lowest BCUT2D eigenvalue weighted by molar-refractivity contribution is 1.22. The van der Waals surface area contributed by atoms with Crippen LogP contribution in [0.2, 0.25) is 5.02 Å². The highest BCUT2D eigenvalue weighted by Crippen LogP contribution is 2.29. The van der Waals surface area contributed by atoms with Crippen molar-refractivity contribution in [1.82, 2.24) is 9.97 Å². The summed E-state index contributed by atoms with van der Waals surface area (Å²) < 4.78 is 0. The van der Waals surface area contributed by atoms with Crippen molar-refractivity contribution >= 4 is 34.0 Å². The molecular formula is C22H18ClN3. The quantitative estimate of drug-likeness (QED) is 0.465. The second-order valence-electron chi connectivity index (χ2n) is 6.36. The van der Waals surface area contributed by atoms with Crippen LogP contribution < -0.4 is 5.32 Å². The Labute approximate surface area is 157 Å². The van der Waals surface area contributed by atoms with Crippen LogP contribution >= 0.6 is 11.6 Å². The maximum absolute atomic E-state index is 6.08. The summed E-state index contributed by atoms with van der Waals surface area (Å²) in [5, 5.41) is 5.16. The van der Waals surface area contributed by atoms with Crippen molar-refractivity contribution in [2.45, 2.75) is 13.8 Å². The van der Waals surface area contributed by atoms with Crippen molar-refractivity contribution < 1.29 is 0 Å². The van der Waals surface area contributed by atoms with Crippen molar-refractivity contribution in [3.8, 4) is 11.4 Å². The van der Waals surface area contributed by atoms with Gasteiger partial charge in [-0.1, -0.05) is 53.6 Å². The van der Waals surface area contributed by atoms with E-state index in [1.165, 1.54) is 5.56 Å². The summed E-state index contributed by atoms with van der Waals surface area (Å²) in [6, 6.07) is 22.1. The number of para-hydroxylation sites is 1. The fraction of sp³-hybridized carbons (Fsp3) is 0.0909. The third-order valence-corrected chi connectivity index (χ3v) is 4.59. The topological polar surface area (TPSA) is 37.8 Å². The van der Waals surface area contributed by atoms with Crippen LogP contribution in [0.5, 0.6) is 0 Å². The van der Waals surface area contributed by atoms with Gasteiger partial charge >= 0.3 is 0 Å². The van der Waals surface area contributed by atoms with Crippen LogP contribution in [0, 0.1) is 13.8 Å². The van der Waals surface area contributed by atoms with Crippen molar-refractivity contribution in [2.75, 3.05) is 5.32 Å². The molecule has 4 heteroatoms. The lowest BCUT2D eigenvalue weighted by Gasteiger charge is -2.13. The number of hydrogen-bond acceptors (Lipinski definition) is 3. The van der Waals surface area contributed by atoms with Crippen LogP contribution in [-0.4, -0.2) is 9.97 Å². The highest BCUT2D eigenvalue weighted by molar-refractivity contribution is 6.30. The van der Waals surface area contributed by atoms with Gasteiger partial charge in [-0.25, -0.2) is 9.97 Å². The van der Waals surface area contributed by atoms with Gasteiger partial charge in [-0.2, -0.15) is 0 Å². The largest absolute Gasteiger partial charge is 0.339 e. The maximum Gasteiger partial charge on any atom is 0.162 e. The van der Waals surface area contributed by atoms with Crippen molar-refractivity contribution in [3.63, 3.8) is 0 Å². The molecule has 0 aliphatic heterocycles. The molecule has 1 N–H and O–H groups in total. The van der Waals surface area contributed by atoms with Gasteiger partial charge in [-0.15, -0.1) is 0 Å². The molecule has 26 heavy (non-hydrogen) atoms. The summed E-state index contributed by atoms with van der Waals surface area (Å²) in [6.07, 6.45) is 0. The summed E-state index contributed by atoms with van der Waals surface area (Å²) in [4.78, 5) is 9.55. The predicted octanol–water partition coefficient (Wildman–Crippen LogP) is 6.31. The Balaban J connectivity index is 1.85. The third kappa shape index (κ3) is 3.26. The second kappa shape index (κ2) is 6.77. The van der Waals surface area contributed by atoms with E-state index < -0.39 is 0 Å². The number of aromatic nitrogens is 2. The van der Waals surface area contributed by atoms with Gasteiger partial charge in [0.2, 0.25) is 0 Å². The van der Waals surface area contributed by atoms with E-state index in [1.807, 2.05) is 49.4 Å². The molecule has 0 aliphatic carbocycles. The number of nitrogens with zero attached hydrogens (tertiary/aromatic N) is 2. The molecular weight excluding hydrogens is 342 g/mol. The molecule has 0 aliphatic rings. The van der Waals surface area contributed by atoms with Gasteiger partial charge in [0.15, 0.2) is 5.82 Å². The molecule has 0 saturated heterocycles. The average Bonchev–Trinajstić information content (AvgIpc) is 2.64. The van der Waals surface area contributed by atoms with Crippen molar-refractivity contribution in [2.24, 2.45) is 0 Å². The lowest BCUT2D eigenvalue weighted by Crippen LogP contribution is -2.00. The second-order valence-corrected chi connectivity index (χ2v) is 6.80. The molecule has 0 atom stereocenters. The SMILES string of the molecule is Cc1ccc(-c2nc(Nc3ccc(Cl)cc3C)c3ccccc3n2)cc1. The minimum atomic E-state index is 0.706. The highest BCUT2D eigenvalue weighted by atomic mass is 35.5. The summed E-state index contributed by atoms with van der Waals surface area (Å²) in [5.41, 5.74) is 5.17. The summed E-state index contributed by atoms with van der Waals surface area (Å²) in [6.45, 7) is 4.10. The first kappa shape index (κ1) is 16.6. The van der Waals surface area contributed by atoms with Gasteiger partial charge in [-0.05, 0) is 49.7 Å². The number of benzene rings is 3. The predicted molar refractivity (Wildman–Crippen MR) is 109 cm³/mol. The number of rotatable bonds is 3. The van der Waals surface area contributed by atoms with E-state index in [0.717, 1.165) is 38.6 Å². The van der Waals surface area contributed by atoms with Gasteiger partial charge in [0.1, 0.15) is 5.82 Å². The molecule has 3 nitrogen and oxygen atoms in total. The van der Waals surface area contributed by atoms with Gasteiger partial charge in [0, 0.05) is 21.7 Å². The zero-order valence-electron chi connectivity index (χ0n) is 14.6. The molecule has 0 amide bonds. The monoisotopic (exact) mass is 359 g/mol. The minimum Gasteiger partial charge on any atom is -0.339 e. The number of hydrogen-bond donors (Lipinski definition) is 1. The first-order chi connectivity index (χ1) is 12.6. The van der Waals surface area contributed by atoms with Gasteiger partial charge in [-0.3, -0.25) is 0 Å². The summed E-state index contributed by atoms with van der Waals surface area (Å²) in [7, 11) is 0. The molecule has 0 fully saturated rings. The van der Waals surface area contributed by atoms with Crippen LogP contribution in [0.15, 0.2) is 66.7 Å². The lowest BCUT2D eigenvalue weighted by atomic mass is 10.1. The van der Waals surface area contributed by atoms with E-state index in [2.05, 4.69) is 36.5 Å².